The summed E-state index contributed by atoms with van der Waals surface area (Å²) >= 11 is 0. The number of hydrogen-bond acceptors (Lipinski definition) is 6. The van der Waals surface area contributed by atoms with E-state index in [0.717, 1.165) is 70.5 Å². The van der Waals surface area contributed by atoms with Crippen LogP contribution in [-0.4, -0.2) is 93.0 Å². The van der Waals surface area contributed by atoms with Crippen LogP contribution in [-0.2, 0) is 10.4 Å². The Morgan fingerprint density at radius 2 is 1.56 bits per heavy atom. The topological polar surface area (TPSA) is 69.6 Å². The fraction of sp³-hybridized carbons (Fsp3) is 0.464. The van der Waals surface area contributed by atoms with Crippen LogP contribution in [0.1, 0.15) is 44.1 Å². The third-order valence-corrected chi connectivity index (χ3v) is 5.95. The van der Waals surface area contributed by atoms with Gasteiger partial charge in [0.15, 0.2) is 0 Å². The van der Waals surface area contributed by atoms with E-state index in [4.69, 9.17) is 12.8 Å². The second kappa shape index (κ2) is 20.3. The molecule has 0 aromatic carbocycles. The Kier molecular flexibility index (Phi) is 19.3. The van der Waals surface area contributed by atoms with Gasteiger partial charge in [0, 0.05) is 82.9 Å². The van der Waals surface area contributed by atoms with E-state index in [2.05, 4.69) is 37.7 Å². The zero-order valence-electron chi connectivity index (χ0n) is 21.0. The van der Waals surface area contributed by atoms with Crippen LogP contribution in [0.4, 0.5) is 0 Å². The molecular weight excluding hydrogens is 529 g/mol. The van der Waals surface area contributed by atoms with E-state index in [-0.39, 0.29) is 40.0 Å². The number of rotatable bonds is 5. The van der Waals surface area contributed by atoms with Gasteiger partial charge in [-0.2, -0.15) is 6.07 Å². The largest absolute Gasteiger partial charge is 2.00 e. The summed E-state index contributed by atoms with van der Waals surface area (Å²) in [6.07, 6.45) is 21.7. The molecule has 0 aliphatic carbocycles. The predicted octanol–water partition coefficient (Wildman–Crippen LogP) is -0.432. The standard InChI is InChI=1S/C14H18N2O.C9H13NO.C5H4N.BrH.Mg/c1-2-3-9-16-10-6-14(17,7-11-16)13-5-4-8-15-12-13;1-2-3-6-10-7-4-9(11)5-8-10;1-2-4-6-5-3-1;;/h1,4-5,8,12,17H,3,6-7,9-11H2;1H,3-8H2;1-2,4-5H;1H;/q;;-1;;+2/p-1. The summed E-state index contributed by atoms with van der Waals surface area (Å²) in [5.41, 5.74) is 0.220. The zero-order chi connectivity index (χ0) is 24.5. The van der Waals surface area contributed by atoms with E-state index in [0.29, 0.717) is 18.6 Å². The number of terminal acetylenes is 2. The van der Waals surface area contributed by atoms with E-state index < -0.39 is 5.60 Å². The van der Waals surface area contributed by atoms with Gasteiger partial charge in [0.05, 0.1) is 5.60 Å². The molecular formula is C28H35BrMgN4O2. The minimum absolute atomic E-state index is 0. The molecule has 8 heteroatoms. The van der Waals surface area contributed by atoms with Crippen LogP contribution in [0.15, 0.2) is 49.1 Å². The number of halogens is 1. The number of carbonyl (C=O) groups is 1. The molecule has 4 heterocycles. The molecule has 188 valence electrons. The van der Waals surface area contributed by atoms with Crippen molar-refractivity contribution in [3.8, 4) is 24.7 Å². The number of aliphatic hydroxyl groups is 1. The maximum Gasteiger partial charge on any atom is 2.00 e. The number of Topliss-reactive ketones (excluding diaryl/α,β-unsaturated/α-hetero) is 1. The van der Waals surface area contributed by atoms with Crippen molar-refractivity contribution in [2.75, 3.05) is 39.3 Å². The smallest absolute Gasteiger partial charge is 1.00 e. The first-order valence-corrected chi connectivity index (χ1v) is 11.8. The number of likely N-dealkylation sites (tertiary alicyclic amines) is 2. The Morgan fingerprint density at radius 3 is 1.97 bits per heavy atom. The fourth-order valence-electron chi connectivity index (χ4n) is 3.82. The first-order valence-electron chi connectivity index (χ1n) is 11.8. The van der Waals surface area contributed by atoms with Crippen molar-refractivity contribution in [1.82, 2.24) is 19.8 Å². The Hall–Kier alpha value is -1.78. The average Bonchev–Trinajstić information content (AvgIpc) is 2.90. The Balaban J connectivity index is 0.000000556. The van der Waals surface area contributed by atoms with Gasteiger partial charge >= 0.3 is 23.1 Å². The van der Waals surface area contributed by atoms with E-state index in [1.165, 1.54) is 0 Å². The SMILES string of the molecule is C#CCCN1CCC(=O)CC1.C#CCCN1CCC(O)(c2cccnc2)CC1.[Br-].[Mg+2].[c-]1cccnc1. The van der Waals surface area contributed by atoms with Gasteiger partial charge in [0.25, 0.3) is 0 Å². The minimum atomic E-state index is -0.707. The molecule has 0 unspecified atom stereocenters. The van der Waals surface area contributed by atoms with Crippen LogP contribution < -0.4 is 17.0 Å². The molecule has 0 atom stereocenters. The van der Waals surface area contributed by atoms with Gasteiger partial charge in [-0.3, -0.25) is 9.78 Å². The monoisotopic (exact) mass is 562 g/mol. The molecule has 0 bridgehead atoms. The number of nitrogens with zero attached hydrogens (tertiary/aromatic N) is 4. The summed E-state index contributed by atoms with van der Waals surface area (Å²) in [7, 11) is 0. The van der Waals surface area contributed by atoms with Gasteiger partial charge in [-0.15, -0.1) is 24.7 Å². The summed E-state index contributed by atoms with van der Waals surface area (Å²) < 4.78 is 0. The normalized spacial score (nSPS) is 16.7. The third kappa shape index (κ3) is 13.5. The van der Waals surface area contributed by atoms with E-state index in [1.807, 2.05) is 24.3 Å². The molecule has 0 saturated carbocycles. The molecule has 36 heavy (non-hydrogen) atoms. The quantitative estimate of drug-likeness (QED) is 0.303. The van der Waals surface area contributed by atoms with Gasteiger partial charge in [0.1, 0.15) is 5.78 Å². The number of hydrogen-bond donors (Lipinski definition) is 1. The minimum Gasteiger partial charge on any atom is -1.00 e. The number of ketones is 1. The molecule has 2 aliphatic heterocycles. The molecule has 0 spiro atoms. The molecule has 6 nitrogen and oxygen atoms in total. The summed E-state index contributed by atoms with van der Waals surface area (Å²) in [5, 5.41) is 10.6. The maximum atomic E-state index is 10.8. The molecule has 2 fully saturated rings. The van der Waals surface area contributed by atoms with Crippen molar-refractivity contribution in [2.45, 2.75) is 44.1 Å². The van der Waals surface area contributed by atoms with Crippen molar-refractivity contribution in [2.24, 2.45) is 0 Å². The van der Waals surface area contributed by atoms with Crippen molar-refractivity contribution in [3.05, 3.63) is 60.7 Å². The van der Waals surface area contributed by atoms with Gasteiger partial charge < -0.3 is 36.9 Å². The number of carbonyl (C=O) groups excluding carboxylic acids is 1. The fourth-order valence-corrected chi connectivity index (χ4v) is 3.82. The van der Waals surface area contributed by atoms with E-state index >= 15 is 0 Å². The first kappa shape index (κ1) is 34.2. The van der Waals surface area contributed by atoms with Gasteiger partial charge in [-0.1, -0.05) is 18.5 Å². The van der Waals surface area contributed by atoms with Gasteiger partial charge in [0.2, 0.25) is 0 Å². The number of piperidine rings is 2. The van der Waals surface area contributed by atoms with E-state index in [9.17, 15) is 9.90 Å². The molecule has 2 aromatic heterocycles. The molecule has 2 aromatic rings. The predicted molar refractivity (Wildman–Crippen MR) is 140 cm³/mol. The van der Waals surface area contributed by atoms with Crippen molar-refractivity contribution in [3.63, 3.8) is 0 Å². The number of aromatic nitrogens is 2. The Bertz CT molecular complexity index is 874. The van der Waals surface area contributed by atoms with Crippen LogP contribution >= 0.6 is 0 Å². The first-order chi connectivity index (χ1) is 16.6. The van der Waals surface area contributed by atoms with Crippen LogP contribution in [0.5, 0.6) is 0 Å². The van der Waals surface area contributed by atoms with Crippen LogP contribution in [0.3, 0.4) is 0 Å². The van der Waals surface area contributed by atoms with Crippen LogP contribution in [0, 0.1) is 30.8 Å². The van der Waals surface area contributed by atoms with Gasteiger partial charge in [-0.05, 0) is 18.9 Å². The molecule has 4 rings (SSSR count). The average molecular weight is 564 g/mol. The molecule has 2 aliphatic rings. The molecule has 0 radical (unpaired) electrons. The Morgan fingerprint density at radius 1 is 0.972 bits per heavy atom. The summed E-state index contributed by atoms with van der Waals surface area (Å²) in [4.78, 5) is 23.2. The van der Waals surface area contributed by atoms with Crippen LogP contribution in [0.2, 0.25) is 0 Å². The Labute approximate surface area is 243 Å². The third-order valence-electron chi connectivity index (χ3n) is 5.95. The molecule has 1 N–H and O–H groups in total. The summed E-state index contributed by atoms with van der Waals surface area (Å²) in [5.74, 6) is 5.64. The maximum absolute atomic E-state index is 10.8. The van der Waals surface area contributed by atoms with Crippen molar-refractivity contribution in [1.29, 1.82) is 0 Å². The second-order valence-electron chi connectivity index (χ2n) is 8.36. The summed E-state index contributed by atoms with van der Waals surface area (Å²) in [6.45, 7) is 5.48. The summed E-state index contributed by atoms with van der Waals surface area (Å²) in [6, 6.07) is 10.2. The second-order valence-corrected chi connectivity index (χ2v) is 8.36. The zero-order valence-corrected chi connectivity index (χ0v) is 24.0. The van der Waals surface area contributed by atoms with Crippen molar-refractivity contribution >= 4 is 28.8 Å². The van der Waals surface area contributed by atoms with E-state index in [1.54, 1.807) is 24.8 Å². The van der Waals surface area contributed by atoms with Gasteiger partial charge in [-0.25, -0.2) is 12.1 Å². The molecule has 0 amide bonds. The molecule has 2 saturated heterocycles. The number of pyridine rings is 2. The van der Waals surface area contributed by atoms with Crippen molar-refractivity contribution < 1.29 is 26.9 Å². The van der Waals surface area contributed by atoms with Crippen LogP contribution in [0.25, 0.3) is 0 Å².